The zero-order valence-electron chi connectivity index (χ0n) is 4.50. The molecular weight excluding hydrogens is 133 g/mol. The molecule has 1 saturated heterocycles. The molecule has 1 aliphatic heterocycles. The molecule has 1 rings (SSSR count). The second kappa shape index (κ2) is 2.15. The predicted molar refractivity (Wildman–Crippen MR) is 25.3 cm³/mol. The van der Waals surface area contributed by atoms with Crippen molar-refractivity contribution in [1.29, 1.82) is 0 Å². The summed E-state index contributed by atoms with van der Waals surface area (Å²) >= 11 is 0. The third-order valence-electron chi connectivity index (χ3n) is 1.10. The van der Waals surface area contributed by atoms with E-state index in [9.17, 15) is 13.2 Å². The lowest BCUT2D eigenvalue weighted by Gasteiger charge is -2.12. The summed E-state index contributed by atoms with van der Waals surface area (Å²) in [7, 11) is 0. The molecular formula is C4H6F3N2. The molecule has 0 aliphatic carbocycles. The van der Waals surface area contributed by atoms with Gasteiger partial charge >= 0.3 is 6.18 Å². The van der Waals surface area contributed by atoms with Crippen LogP contribution < -0.4 is 10.6 Å². The molecule has 0 aromatic heterocycles. The highest BCUT2D eigenvalue weighted by Crippen LogP contribution is 2.20. The summed E-state index contributed by atoms with van der Waals surface area (Å²) in [6, 6.07) is -1.41. The van der Waals surface area contributed by atoms with Crippen LogP contribution in [0.2, 0.25) is 0 Å². The molecule has 0 saturated carbocycles. The SMILES string of the molecule is FC(F)(F)C1CN[CH]N1. The Labute approximate surface area is 50.4 Å². The van der Waals surface area contributed by atoms with Crippen LogP contribution >= 0.6 is 0 Å². The molecule has 1 aliphatic rings. The van der Waals surface area contributed by atoms with Crippen LogP contribution in [-0.2, 0) is 0 Å². The molecule has 5 heteroatoms. The fourth-order valence-corrected chi connectivity index (χ4v) is 0.605. The van der Waals surface area contributed by atoms with Crippen molar-refractivity contribution < 1.29 is 13.2 Å². The first-order chi connectivity index (χ1) is 4.11. The first kappa shape index (κ1) is 6.82. The lowest BCUT2D eigenvalue weighted by atomic mass is 10.3. The van der Waals surface area contributed by atoms with Gasteiger partial charge in [-0.2, -0.15) is 13.2 Å². The van der Waals surface area contributed by atoms with Crippen molar-refractivity contribution in [1.82, 2.24) is 10.6 Å². The van der Waals surface area contributed by atoms with Crippen LogP contribution in [0, 0.1) is 6.67 Å². The molecule has 53 valence electrons. The fraction of sp³-hybridized carbons (Fsp3) is 0.750. The normalized spacial score (nSPS) is 29.0. The maximum atomic E-state index is 11.6. The van der Waals surface area contributed by atoms with Gasteiger partial charge in [0.1, 0.15) is 6.04 Å². The molecule has 1 unspecified atom stereocenters. The van der Waals surface area contributed by atoms with Crippen molar-refractivity contribution in [3.8, 4) is 0 Å². The molecule has 2 N–H and O–H groups in total. The molecule has 1 atom stereocenters. The zero-order valence-corrected chi connectivity index (χ0v) is 4.50. The average molecular weight is 139 g/mol. The Morgan fingerprint density at radius 2 is 2.11 bits per heavy atom. The number of alkyl halides is 3. The Morgan fingerprint density at radius 1 is 1.44 bits per heavy atom. The van der Waals surface area contributed by atoms with E-state index in [1.165, 1.54) is 6.67 Å². The molecule has 1 fully saturated rings. The minimum atomic E-state index is -4.12. The summed E-state index contributed by atoms with van der Waals surface area (Å²) in [6.45, 7) is 1.14. The van der Waals surface area contributed by atoms with Crippen molar-refractivity contribution in [2.24, 2.45) is 0 Å². The Kier molecular flexibility index (Phi) is 1.63. The van der Waals surface area contributed by atoms with Crippen molar-refractivity contribution >= 4 is 0 Å². The van der Waals surface area contributed by atoms with Gasteiger partial charge in [-0.1, -0.05) is 0 Å². The molecule has 0 amide bonds. The van der Waals surface area contributed by atoms with Crippen molar-refractivity contribution in [2.75, 3.05) is 6.54 Å². The van der Waals surface area contributed by atoms with E-state index in [2.05, 4.69) is 10.6 Å². The van der Waals surface area contributed by atoms with E-state index in [1.807, 2.05) is 0 Å². The van der Waals surface area contributed by atoms with Crippen LogP contribution in [0.3, 0.4) is 0 Å². The van der Waals surface area contributed by atoms with Crippen LogP contribution in [0.15, 0.2) is 0 Å². The first-order valence-electron chi connectivity index (χ1n) is 2.48. The van der Waals surface area contributed by atoms with Crippen molar-refractivity contribution in [3.05, 3.63) is 6.67 Å². The van der Waals surface area contributed by atoms with Crippen molar-refractivity contribution in [2.45, 2.75) is 12.2 Å². The number of hydrogen-bond donors (Lipinski definition) is 2. The number of nitrogens with one attached hydrogen (secondary N) is 2. The first-order valence-corrected chi connectivity index (χ1v) is 2.48. The van der Waals surface area contributed by atoms with Gasteiger partial charge in [-0.15, -0.1) is 0 Å². The second-order valence-electron chi connectivity index (χ2n) is 1.81. The third-order valence-corrected chi connectivity index (χ3v) is 1.10. The zero-order chi connectivity index (χ0) is 6.91. The van der Waals surface area contributed by atoms with Crippen LogP contribution in [-0.4, -0.2) is 18.8 Å². The maximum Gasteiger partial charge on any atom is 0.405 e. The molecule has 9 heavy (non-hydrogen) atoms. The van der Waals surface area contributed by atoms with E-state index < -0.39 is 12.2 Å². The van der Waals surface area contributed by atoms with E-state index in [-0.39, 0.29) is 6.54 Å². The summed E-state index contributed by atoms with van der Waals surface area (Å²) in [5.74, 6) is 0. The van der Waals surface area contributed by atoms with Gasteiger partial charge in [-0.3, -0.25) is 10.6 Å². The van der Waals surface area contributed by atoms with E-state index in [4.69, 9.17) is 0 Å². The van der Waals surface area contributed by atoms with E-state index in [0.717, 1.165) is 0 Å². The molecule has 1 radical (unpaired) electrons. The number of halogens is 3. The minimum absolute atomic E-state index is 0.0660. The van der Waals surface area contributed by atoms with Gasteiger partial charge in [0.05, 0.1) is 6.67 Å². The van der Waals surface area contributed by atoms with E-state index in [1.54, 1.807) is 0 Å². The molecule has 0 bridgehead atoms. The topological polar surface area (TPSA) is 24.1 Å². The van der Waals surface area contributed by atoms with Gasteiger partial charge < -0.3 is 0 Å². The monoisotopic (exact) mass is 139 g/mol. The Balaban J connectivity index is 2.42. The largest absolute Gasteiger partial charge is 0.405 e. The standard InChI is InChI=1S/C4H6F3N2/c5-4(6,7)3-1-8-2-9-3/h2-3,8-9H,1H2. The average Bonchev–Trinajstić information content (AvgIpc) is 2.08. The molecule has 2 nitrogen and oxygen atoms in total. The lowest BCUT2D eigenvalue weighted by Crippen LogP contribution is -2.38. The highest BCUT2D eigenvalue weighted by Gasteiger charge is 2.40. The van der Waals surface area contributed by atoms with E-state index in [0.29, 0.717) is 0 Å². The summed E-state index contributed by atoms with van der Waals surface area (Å²) in [5, 5.41) is 4.56. The molecule has 0 spiro atoms. The van der Waals surface area contributed by atoms with Gasteiger partial charge in [0, 0.05) is 6.54 Å². The second-order valence-corrected chi connectivity index (χ2v) is 1.81. The molecule has 0 aromatic rings. The quantitative estimate of drug-likeness (QED) is 0.502. The predicted octanol–water partition coefficient (Wildman–Crippen LogP) is 0.229. The highest BCUT2D eigenvalue weighted by molar-refractivity contribution is 4.87. The molecule has 0 aromatic carbocycles. The summed E-state index contributed by atoms with van der Waals surface area (Å²) in [6.07, 6.45) is -4.12. The van der Waals surface area contributed by atoms with Gasteiger partial charge in [-0.25, -0.2) is 0 Å². The minimum Gasteiger partial charge on any atom is -0.298 e. The Morgan fingerprint density at radius 3 is 2.33 bits per heavy atom. The number of hydrogen-bond acceptors (Lipinski definition) is 2. The number of rotatable bonds is 0. The van der Waals surface area contributed by atoms with Gasteiger partial charge in [0.25, 0.3) is 0 Å². The van der Waals surface area contributed by atoms with Crippen LogP contribution in [0.1, 0.15) is 0 Å². The van der Waals surface area contributed by atoms with Crippen LogP contribution in [0.5, 0.6) is 0 Å². The van der Waals surface area contributed by atoms with Crippen molar-refractivity contribution in [3.63, 3.8) is 0 Å². The summed E-state index contributed by atoms with van der Waals surface area (Å²) < 4.78 is 34.9. The summed E-state index contributed by atoms with van der Waals surface area (Å²) in [5.41, 5.74) is 0. The van der Waals surface area contributed by atoms with E-state index >= 15 is 0 Å². The Bertz CT molecular complexity index is 94.5. The van der Waals surface area contributed by atoms with Gasteiger partial charge in [0.2, 0.25) is 0 Å². The van der Waals surface area contributed by atoms with Crippen LogP contribution in [0.25, 0.3) is 0 Å². The maximum absolute atomic E-state index is 11.6. The fourth-order valence-electron chi connectivity index (χ4n) is 0.605. The smallest absolute Gasteiger partial charge is 0.298 e. The van der Waals surface area contributed by atoms with Crippen LogP contribution in [0.4, 0.5) is 13.2 Å². The van der Waals surface area contributed by atoms with Gasteiger partial charge in [0.15, 0.2) is 0 Å². The van der Waals surface area contributed by atoms with Gasteiger partial charge in [-0.05, 0) is 0 Å². The third kappa shape index (κ3) is 1.56. The molecule has 1 heterocycles. The Hall–Kier alpha value is -0.290. The lowest BCUT2D eigenvalue weighted by molar-refractivity contribution is -0.148. The summed E-state index contributed by atoms with van der Waals surface area (Å²) in [4.78, 5) is 0. The highest BCUT2D eigenvalue weighted by atomic mass is 19.4.